The minimum Gasteiger partial charge on any atom is -0.354 e. The van der Waals surface area contributed by atoms with Crippen molar-refractivity contribution in [3.63, 3.8) is 0 Å². The smallest absolute Gasteiger partial charge is 0.275 e. The molecule has 6 heteroatoms. The summed E-state index contributed by atoms with van der Waals surface area (Å²) in [7, 11) is 1.57. The summed E-state index contributed by atoms with van der Waals surface area (Å²) in [5.74, 6) is -0.290. The van der Waals surface area contributed by atoms with Crippen molar-refractivity contribution in [3.8, 4) is 0 Å². The van der Waals surface area contributed by atoms with Crippen molar-refractivity contribution >= 4 is 16.7 Å². The Kier molecular flexibility index (Phi) is 4.96. The number of carbonyl (C=O) groups is 1. The van der Waals surface area contributed by atoms with Gasteiger partial charge in [-0.15, -0.1) is 0 Å². The number of hydrogen-bond donors (Lipinski definition) is 1. The first-order valence-electron chi connectivity index (χ1n) is 9.61. The topological polar surface area (TPSA) is 67.2 Å². The number of likely N-dealkylation sites (tertiary alicyclic amines) is 1. The third-order valence-corrected chi connectivity index (χ3v) is 5.45. The quantitative estimate of drug-likeness (QED) is 0.760. The molecule has 0 spiro atoms. The summed E-state index contributed by atoms with van der Waals surface area (Å²) in [5, 5.41) is 8.15. The monoisotopic (exact) mass is 376 g/mol. The molecule has 1 unspecified atom stereocenters. The molecule has 2 aromatic carbocycles. The number of hydrogen-bond acceptors (Lipinski definition) is 4. The molecule has 3 aromatic rings. The third-order valence-electron chi connectivity index (χ3n) is 5.45. The lowest BCUT2D eigenvalue weighted by molar-refractivity contribution is 0.0955. The minimum atomic E-state index is -0.290. The molecule has 1 aliphatic rings. The van der Waals surface area contributed by atoms with Crippen molar-refractivity contribution in [2.75, 3.05) is 13.6 Å². The third kappa shape index (κ3) is 3.31. The van der Waals surface area contributed by atoms with E-state index in [0.717, 1.165) is 19.4 Å². The number of amides is 1. The molecular weight excluding hydrogens is 352 g/mol. The van der Waals surface area contributed by atoms with Crippen molar-refractivity contribution < 1.29 is 4.79 Å². The van der Waals surface area contributed by atoms with Crippen molar-refractivity contribution in [3.05, 3.63) is 75.7 Å². The molecule has 1 aliphatic heterocycles. The van der Waals surface area contributed by atoms with Crippen molar-refractivity contribution in [2.24, 2.45) is 0 Å². The Morgan fingerprint density at radius 1 is 1.14 bits per heavy atom. The summed E-state index contributed by atoms with van der Waals surface area (Å²) >= 11 is 0. The van der Waals surface area contributed by atoms with E-state index < -0.39 is 0 Å². The van der Waals surface area contributed by atoms with Gasteiger partial charge in [0, 0.05) is 25.0 Å². The molecule has 1 saturated heterocycles. The van der Waals surface area contributed by atoms with E-state index in [1.54, 1.807) is 19.2 Å². The maximum absolute atomic E-state index is 13.0. The number of nitrogens with one attached hydrogen (secondary N) is 1. The van der Waals surface area contributed by atoms with E-state index in [9.17, 15) is 9.59 Å². The Balaban J connectivity index is 1.73. The van der Waals surface area contributed by atoms with Crippen LogP contribution in [-0.4, -0.2) is 34.2 Å². The molecule has 4 rings (SSSR count). The molecule has 1 amide bonds. The molecule has 2 heterocycles. The number of fused-ring (bicyclic) bond motifs is 1. The van der Waals surface area contributed by atoms with E-state index in [2.05, 4.69) is 46.5 Å². The van der Waals surface area contributed by atoms with E-state index in [1.807, 2.05) is 12.1 Å². The van der Waals surface area contributed by atoms with E-state index in [4.69, 9.17) is 0 Å². The predicted molar refractivity (Wildman–Crippen MR) is 109 cm³/mol. The minimum absolute atomic E-state index is 0.169. The molecule has 144 valence electrons. The number of aryl methyl sites for hydroxylation is 1. The molecule has 0 aliphatic carbocycles. The second-order valence-corrected chi connectivity index (χ2v) is 7.30. The summed E-state index contributed by atoms with van der Waals surface area (Å²) < 4.78 is 1.43. The molecule has 0 saturated carbocycles. The summed E-state index contributed by atoms with van der Waals surface area (Å²) in [4.78, 5) is 27.6. The summed E-state index contributed by atoms with van der Waals surface area (Å²) in [6.45, 7) is 3.34. The lowest BCUT2D eigenvalue weighted by Crippen LogP contribution is -2.35. The fourth-order valence-corrected chi connectivity index (χ4v) is 3.95. The number of benzene rings is 2. The van der Waals surface area contributed by atoms with Crippen molar-refractivity contribution in [1.29, 1.82) is 0 Å². The van der Waals surface area contributed by atoms with Crippen LogP contribution in [0.25, 0.3) is 10.8 Å². The lowest BCUT2D eigenvalue weighted by Gasteiger charge is -2.25. The summed E-state index contributed by atoms with van der Waals surface area (Å²) in [6, 6.07) is 16.0. The molecule has 1 N–H and O–H groups in total. The molecule has 1 atom stereocenters. The summed E-state index contributed by atoms with van der Waals surface area (Å²) in [5.41, 5.74) is 2.60. The van der Waals surface area contributed by atoms with Crippen LogP contribution in [0.15, 0.2) is 53.3 Å². The fraction of sp³-hybridized carbons (Fsp3) is 0.318. The first kappa shape index (κ1) is 18.4. The average Bonchev–Trinajstić information content (AvgIpc) is 3.18. The number of nitrogens with zero attached hydrogens (tertiary/aromatic N) is 3. The lowest BCUT2D eigenvalue weighted by atomic mass is 10.0. The molecule has 0 radical (unpaired) electrons. The van der Waals surface area contributed by atoms with Gasteiger partial charge >= 0.3 is 0 Å². The van der Waals surface area contributed by atoms with Gasteiger partial charge in [-0.25, -0.2) is 4.68 Å². The molecular formula is C22H24N4O2. The molecule has 0 bridgehead atoms. The maximum atomic E-state index is 13.0. The van der Waals surface area contributed by atoms with Gasteiger partial charge in [-0.05, 0) is 31.4 Å². The van der Waals surface area contributed by atoms with Crippen LogP contribution >= 0.6 is 0 Å². The van der Waals surface area contributed by atoms with Crippen molar-refractivity contribution in [1.82, 2.24) is 20.0 Å². The standard InChI is InChI=1S/C22H24N4O2/c1-15-9-11-16(12-10-15)19-8-5-13-25(19)14-26-22(28)18-7-4-3-6-17(18)20(24-26)21(27)23-2/h3-4,6-7,9-12,19H,5,8,13-14H2,1-2H3,(H,23,27). The maximum Gasteiger partial charge on any atom is 0.275 e. The van der Waals surface area contributed by atoms with Crippen molar-refractivity contribution in [2.45, 2.75) is 32.5 Å². The second-order valence-electron chi connectivity index (χ2n) is 7.30. The van der Waals surface area contributed by atoms with Gasteiger partial charge in [0.15, 0.2) is 5.69 Å². The number of rotatable bonds is 4. The zero-order valence-electron chi connectivity index (χ0n) is 16.2. The van der Waals surface area contributed by atoms with Gasteiger partial charge in [0.2, 0.25) is 0 Å². The van der Waals surface area contributed by atoms with Crippen LogP contribution in [-0.2, 0) is 6.67 Å². The Hall–Kier alpha value is -2.99. The van der Waals surface area contributed by atoms with E-state index in [1.165, 1.54) is 15.8 Å². The SMILES string of the molecule is CNC(=O)c1nn(CN2CCCC2c2ccc(C)cc2)c(=O)c2ccccc12. The molecule has 6 nitrogen and oxygen atoms in total. The summed E-state index contributed by atoms with van der Waals surface area (Å²) in [6.07, 6.45) is 2.12. The van der Waals surface area contributed by atoms with Gasteiger partial charge in [0.25, 0.3) is 11.5 Å². The predicted octanol–water partition coefficient (Wildman–Crippen LogP) is 2.86. The van der Waals surface area contributed by atoms with Gasteiger partial charge in [0.05, 0.1) is 12.1 Å². The molecule has 1 aromatic heterocycles. The Morgan fingerprint density at radius 3 is 2.57 bits per heavy atom. The zero-order chi connectivity index (χ0) is 19.7. The average molecular weight is 376 g/mol. The zero-order valence-corrected chi connectivity index (χ0v) is 16.2. The van der Waals surface area contributed by atoms with E-state index >= 15 is 0 Å². The normalized spacial score (nSPS) is 17.1. The number of aromatic nitrogens is 2. The van der Waals surface area contributed by atoms with Gasteiger partial charge in [-0.2, -0.15) is 5.10 Å². The molecule has 1 fully saturated rings. The Labute approximate surface area is 163 Å². The van der Waals surface area contributed by atoms with Gasteiger partial charge in [0.1, 0.15) is 0 Å². The first-order valence-corrected chi connectivity index (χ1v) is 9.61. The van der Waals surface area contributed by atoms with Crippen LogP contribution in [0.3, 0.4) is 0 Å². The van der Waals surface area contributed by atoms with Crippen LogP contribution in [0.5, 0.6) is 0 Å². The van der Waals surface area contributed by atoms with Crippen LogP contribution in [0, 0.1) is 6.92 Å². The van der Waals surface area contributed by atoms with Gasteiger partial charge < -0.3 is 5.32 Å². The molecule has 28 heavy (non-hydrogen) atoms. The largest absolute Gasteiger partial charge is 0.354 e. The van der Waals surface area contributed by atoms with Crippen LogP contribution in [0.2, 0.25) is 0 Å². The van der Waals surface area contributed by atoms with Gasteiger partial charge in [-0.3, -0.25) is 14.5 Å². The Bertz CT molecular complexity index is 1070. The van der Waals surface area contributed by atoms with E-state index in [0.29, 0.717) is 17.4 Å². The van der Waals surface area contributed by atoms with Crippen LogP contribution < -0.4 is 10.9 Å². The van der Waals surface area contributed by atoms with E-state index in [-0.39, 0.29) is 23.2 Å². The highest BCUT2D eigenvalue weighted by Gasteiger charge is 2.27. The second kappa shape index (κ2) is 7.56. The van der Waals surface area contributed by atoms with Crippen LogP contribution in [0.1, 0.15) is 40.5 Å². The van der Waals surface area contributed by atoms with Crippen LogP contribution in [0.4, 0.5) is 0 Å². The fourth-order valence-electron chi connectivity index (χ4n) is 3.95. The number of carbonyl (C=O) groups excluding carboxylic acids is 1. The Morgan fingerprint density at radius 2 is 1.86 bits per heavy atom. The first-order chi connectivity index (χ1) is 13.6. The highest BCUT2D eigenvalue weighted by molar-refractivity contribution is 6.04. The van der Waals surface area contributed by atoms with Gasteiger partial charge in [-0.1, -0.05) is 48.0 Å². The highest BCUT2D eigenvalue weighted by atomic mass is 16.2. The highest BCUT2D eigenvalue weighted by Crippen LogP contribution is 2.32.